The molecule has 148 valence electrons. The summed E-state index contributed by atoms with van der Waals surface area (Å²) >= 11 is 0. The topological polar surface area (TPSA) is 78.1 Å². The molecule has 0 bridgehead atoms. The van der Waals surface area contributed by atoms with Crippen molar-refractivity contribution in [2.45, 2.75) is 44.4 Å². The summed E-state index contributed by atoms with van der Waals surface area (Å²) in [4.78, 5) is 32.7. The molecule has 6 heteroatoms. The fraction of sp³-hybridized carbons (Fsp3) is 0.500. The van der Waals surface area contributed by atoms with Crippen LogP contribution in [0, 0.1) is 5.92 Å². The average Bonchev–Trinajstić information content (AvgIpc) is 3.21. The van der Waals surface area contributed by atoms with E-state index in [0.29, 0.717) is 11.6 Å². The molecule has 2 amide bonds. The standard InChI is InChI=1S/C22H28N4O2/c27-21(14-24-22(28)20-13-23-15-25-20)26-10-8-17(9-11-26)12-16-4-6-19(7-5-16)18-2-1-3-18/h4-7,13,15,17-18H,1-3,8-12,14H2,(H,23,25)(H,24,28). The van der Waals surface area contributed by atoms with Crippen LogP contribution in [-0.4, -0.2) is 46.3 Å². The van der Waals surface area contributed by atoms with Crippen LogP contribution in [0.1, 0.15) is 59.6 Å². The number of likely N-dealkylation sites (tertiary alicyclic amines) is 1. The molecular weight excluding hydrogens is 352 g/mol. The lowest BCUT2D eigenvalue weighted by molar-refractivity contribution is -0.131. The molecule has 2 aromatic rings. The Morgan fingerprint density at radius 2 is 1.86 bits per heavy atom. The van der Waals surface area contributed by atoms with Crippen LogP contribution in [0.4, 0.5) is 0 Å². The molecule has 1 saturated carbocycles. The van der Waals surface area contributed by atoms with Gasteiger partial charge in [-0.1, -0.05) is 30.7 Å². The van der Waals surface area contributed by atoms with Gasteiger partial charge >= 0.3 is 0 Å². The van der Waals surface area contributed by atoms with Gasteiger partial charge in [-0.05, 0) is 55.1 Å². The minimum Gasteiger partial charge on any atom is -0.342 e. The Morgan fingerprint density at radius 3 is 2.46 bits per heavy atom. The van der Waals surface area contributed by atoms with Crippen molar-refractivity contribution < 1.29 is 9.59 Å². The number of rotatable bonds is 6. The fourth-order valence-corrected chi connectivity index (χ4v) is 4.13. The first-order valence-corrected chi connectivity index (χ1v) is 10.3. The zero-order valence-electron chi connectivity index (χ0n) is 16.2. The second-order valence-corrected chi connectivity index (χ2v) is 8.05. The van der Waals surface area contributed by atoms with Gasteiger partial charge in [-0.3, -0.25) is 9.59 Å². The summed E-state index contributed by atoms with van der Waals surface area (Å²) in [5, 5.41) is 2.66. The van der Waals surface area contributed by atoms with E-state index in [4.69, 9.17) is 0 Å². The quantitative estimate of drug-likeness (QED) is 0.809. The Bertz CT molecular complexity index is 788. The van der Waals surface area contributed by atoms with Gasteiger partial charge < -0.3 is 15.2 Å². The van der Waals surface area contributed by atoms with Gasteiger partial charge in [0.1, 0.15) is 5.69 Å². The molecule has 0 radical (unpaired) electrons. The van der Waals surface area contributed by atoms with Crippen molar-refractivity contribution >= 4 is 11.8 Å². The third kappa shape index (κ3) is 4.43. The third-order valence-electron chi connectivity index (χ3n) is 6.19. The van der Waals surface area contributed by atoms with Crippen molar-refractivity contribution in [2.24, 2.45) is 5.92 Å². The van der Waals surface area contributed by atoms with E-state index >= 15 is 0 Å². The molecule has 2 aliphatic rings. The highest BCUT2D eigenvalue weighted by atomic mass is 16.2. The van der Waals surface area contributed by atoms with Crippen molar-refractivity contribution in [3.63, 3.8) is 0 Å². The summed E-state index contributed by atoms with van der Waals surface area (Å²) in [6, 6.07) is 9.19. The molecule has 1 aromatic heterocycles. The lowest BCUT2D eigenvalue weighted by Gasteiger charge is -2.32. The van der Waals surface area contributed by atoms with E-state index in [1.54, 1.807) is 0 Å². The Hall–Kier alpha value is -2.63. The molecule has 2 heterocycles. The predicted octanol–water partition coefficient (Wildman–Crippen LogP) is 2.89. The van der Waals surface area contributed by atoms with Crippen LogP contribution in [-0.2, 0) is 11.2 Å². The van der Waals surface area contributed by atoms with E-state index in [1.165, 1.54) is 42.9 Å². The molecule has 28 heavy (non-hydrogen) atoms. The van der Waals surface area contributed by atoms with Crippen LogP contribution in [0.25, 0.3) is 0 Å². The fourth-order valence-electron chi connectivity index (χ4n) is 4.13. The van der Waals surface area contributed by atoms with E-state index in [0.717, 1.165) is 38.3 Å². The Labute approximate surface area is 165 Å². The summed E-state index contributed by atoms with van der Waals surface area (Å²) in [5.41, 5.74) is 3.27. The van der Waals surface area contributed by atoms with E-state index in [9.17, 15) is 9.59 Å². The van der Waals surface area contributed by atoms with Gasteiger partial charge in [0, 0.05) is 13.1 Å². The number of benzene rings is 1. The number of imidazole rings is 1. The maximum absolute atomic E-state index is 12.4. The van der Waals surface area contributed by atoms with E-state index < -0.39 is 0 Å². The highest BCUT2D eigenvalue weighted by Crippen LogP contribution is 2.36. The zero-order chi connectivity index (χ0) is 19.3. The normalized spacial score (nSPS) is 17.9. The number of aromatic nitrogens is 2. The number of carbonyl (C=O) groups is 2. The lowest BCUT2D eigenvalue weighted by Crippen LogP contribution is -2.44. The van der Waals surface area contributed by atoms with E-state index in [-0.39, 0.29) is 18.4 Å². The van der Waals surface area contributed by atoms with Gasteiger partial charge in [0.15, 0.2) is 0 Å². The number of carbonyl (C=O) groups excluding carboxylic acids is 2. The van der Waals surface area contributed by atoms with Crippen LogP contribution in [0.15, 0.2) is 36.8 Å². The molecule has 1 aromatic carbocycles. The van der Waals surface area contributed by atoms with Gasteiger partial charge in [-0.25, -0.2) is 4.98 Å². The molecule has 1 aliphatic heterocycles. The van der Waals surface area contributed by atoms with Crippen molar-refractivity contribution in [1.29, 1.82) is 0 Å². The van der Waals surface area contributed by atoms with Gasteiger partial charge in [0.2, 0.25) is 5.91 Å². The van der Waals surface area contributed by atoms with Gasteiger partial charge in [0.25, 0.3) is 5.91 Å². The maximum Gasteiger partial charge on any atom is 0.269 e. The predicted molar refractivity (Wildman–Crippen MR) is 107 cm³/mol. The summed E-state index contributed by atoms with van der Waals surface area (Å²) < 4.78 is 0. The number of aromatic amines is 1. The van der Waals surface area contributed by atoms with Gasteiger partial charge in [-0.15, -0.1) is 0 Å². The molecule has 0 unspecified atom stereocenters. The van der Waals surface area contributed by atoms with Gasteiger partial charge in [-0.2, -0.15) is 0 Å². The van der Waals surface area contributed by atoms with Crippen LogP contribution in [0.5, 0.6) is 0 Å². The SMILES string of the molecule is O=C(NCC(=O)N1CCC(Cc2ccc(C3CCC3)cc2)CC1)c1cnc[nH]1. The van der Waals surface area contributed by atoms with Crippen LogP contribution < -0.4 is 5.32 Å². The maximum atomic E-state index is 12.4. The number of hydrogen-bond acceptors (Lipinski definition) is 3. The first-order valence-electron chi connectivity index (χ1n) is 10.3. The van der Waals surface area contributed by atoms with Crippen molar-refractivity contribution in [2.75, 3.05) is 19.6 Å². The van der Waals surface area contributed by atoms with Crippen LogP contribution in [0.2, 0.25) is 0 Å². The number of nitrogens with zero attached hydrogens (tertiary/aromatic N) is 2. The first kappa shape index (κ1) is 18.7. The monoisotopic (exact) mass is 380 g/mol. The van der Waals surface area contributed by atoms with Gasteiger partial charge in [0.05, 0.1) is 19.1 Å². The average molecular weight is 380 g/mol. The molecular formula is C22H28N4O2. The molecule has 0 atom stereocenters. The lowest BCUT2D eigenvalue weighted by atomic mass is 9.79. The Morgan fingerprint density at radius 1 is 1.11 bits per heavy atom. The minimum atomic E-state index is -0.300. The third-order valence-corrected chi connectivity index (χ3v) is 6.19. The second-order valence-electron chi connectivity index (χ2n) is 8.05. The van der Waals surface area contributed by atoms with E-state index in [2.05, 4.69) is 39.6 Å². The molecule has 1 saturated heterocycles. The first-order chi connectivity index (χ1) is 13.7. The second kappa shape index (κ2) is 8.59. The largest absolute Gasteiger partial charge is 0.342 e. The number of amides is 2. The minimum absolute atomic E-state index is 0.0174. The summed E-state index contributed by atoms with van der Waals surface area (Å²) in [5.74, 6) is 1.09. The molecule has 2 N–H and O–H groups in total. The van der Waals surface area contributed by atoms with Crippen LogP contribution >= 0.6 is 0 Å². The van der Waals surface area contributed by atoms with Crippen LogP contribution in [0.3, 0.4) is 0 Å². The van der Waals surface area contributed by atoms with Crippen molar-refractivity contribution in [3.05, 3.63) is 53.6 Å². The number of hydrogen-bond donors (Lipinski definition) is 2. The molecule has 6 nitrogen and oxygen atoms in total. The zero-order valence-corrected chi connectivity index (χ0v) is 16.2. The Balaban J connectivity index is 1.19. The number of nitrogens with one attached hydrogen (secondary N) is 2. The highest BCUT2D eigenvalue weighted by Gasteiger charge is 2.24. The Kier molecular flexibility index (Phi) is 5.74. The van der Waals surface area contributed by atoms with E-state index in [1.807, 2.05) is 4.90 Å². The van der Waals surface area contributed by atoms with Crippen molar-refractivity contribution in [3.8, 4) is 0 Å². The molecule has 2 fully saturated rings. The van der Waals surface area contributed by atoms with Crippen molar-refractivity contribution in [1.82, 2.24) is 20.2 Å². The summed E-state index contributed by atoms with van der Waals surface area (Å²) in [6.07, 6.45) is 10.1. The smallest absolute Gasteiger partial charge is 0.269 e. The molecule has 0 spiro atoms. The summed E-state index contributed by atoms with van der Waals surface area (Å²) in [7, 11) is 0. The number of H-pyrrole nitrogens is 1. The highest BCUT2D eigenvalue weighted by molar-refractivity contribution is 5.94. The summed E-state index contributed by atoms with van der Waals surface area (Å²) in [6.45, 7) is 1.57. The number of piperidine rings is 1. The molecule has 1 aliphatic carbocycles. The molecule has 4 rings (SSSR count).